The Hall–Kier alpha value is -1.55. The molecule has 19 heavy (non-hydrogen) atoms. The third kappa shape index (κ3) is 4.56. The van der Waals surface area contributed by atoms with Gasteiger partial charge in [0.1, 0.15) is 5.60 Å². The average Bonchev–Trinajstić information content (AvgIpc) is 2.21. The highest BCUT2D eigenvalue weighted by atomic mass is 16.6. The van der Waals surface area contributed by atoms with Gasteiger partial charge in [0.05, 0.1) is 6.10 Å². The van der Waals surface area contributed by atoms with Crippen LogP contribution in [0.3, 0.4) is 0 Å². The summed E-state index contributed by atoms with van der Waals surface area (Å²) in [6, 6.07) is 3.69. The minimum absolute atomic E-state index is 0.488. The van der Waals surface area contributed by atoms with Gasteiger partial charge in [-0.15, -0.1) is 0 Å². The predicted molar refractivity (Wildman–Crippen MR) is 76.4 cm³/mol. The summed E-state index contributed by atoms with van der Waals surface area (Å²) in [6.07, 6.45) is -1.06. The summed E-state index contributed by atoms with van der Waals surface area (Å²) >= 11 is 0. The standard InChI is InChI=1S/C15H23NO3/c1-9-7-12(11(3)17)8-13(10(9)2)16-14(18)19-15(4,5)6/h7-8,11,17H,1-6H3,(H,16,18). The molecular formula is C15H23NO3. The molecule has 0 saturated carbocycles. The van der Waals surface area contributed by atoms with Crippen LogP contribution in [0.15, 0.2) is 12.1 Å². The van der Waals surface area contributed by atoms with Crippen LogP contribution in [0, 0.1) is 13.8 Å². The highest BCUT2D eigenvalue weighted by Crippen LogP contribution is 2.25. The first-order valence-corrected chi connectivity index (χ1v) is 6.39. The number of nitrogens with one attached hydrogen (secondary N) is 1. The maximum atomic E-state index is 11.8. The van der Waals surface area contributed by atoms with Gasteiger partial charge in [-0.25, -0.2) is 4.79 Å². The Morgan fingerprint density at radius 1 is 1.32 bits per heavy atom. The van der Waals surface area contributed by atoms with Crippen molar-refractivity contribution in [2.75, 3.05) is 5.32 Å². The van der Waals surface area contributed by atoms with Crippen LogP contribution in [0.25, 0.3) is 0 Å². The number of hydrogen-bond acceptors (Lipinski definition) is 3. The van der Waals surface area contributed by atoms with E-state index in [-0.39, 0.29) is 0 Å². The average molecular weight is 265 g/mol. The molecule has 1 rings (SSSR count). The van der Waals surface area contributed by atoms with Gasteiger partial charge < -0.3 is 9.84 Å². The molecule has 0 radical (unpaired) electrons. The molecule has 0 heterocycles. The number of carbonyl (C=O) groups is 1. The zero-order valence-corrected chi connectivity index (χ0v) is 12.5. The molecule has 4 heteroatoms. The maximum Gasteiger partial charge on any atom is 0.412 e. The van der Waals surface area contributed by atoms with Gasteiger partial charge in [-0.05, 0) is 64.3 Å². The number of hydrogen-bond donors (Lipinski definition) is 2. The lowest BCUT2D eigenvalue weighted by Crippen LogP contribution is -2.27. The first-order chi connectivity index (χ1) is 8.60. The van der Waals surface area contributed by atoms with Gasteiger partial charge in [-0.2, -0.15) is 0 Å². The molecule has 0 saturated heterocycles. The molecule has 0 spiro atoms. The number of aryl methyl sites for hydroxylation is 1. The fraction of sp³-hybridized carbons (Fsp3) is 0.533. The molecule has 4 nitrogen and oxygen atoms in total. The van der Waals surface area contributed by atoms with Crippen molar-refractivity contribution < 1.29 is 14.6 Å². The van der Waals surface area contributed by atoms with Crippen LogP contribution < -0.4 is 5.32 Å². The lowest BCUT2D eigenvalue weighted by Gasteiger charge is -2.21. The Balaban J connectivity index is 2.97. The zero-order valence-electron chi connectivity index (χ0n) is 12.5. The highest BCUT2D eigenvalue weighted by molar-refractivity contribution is 5.86. The van der Waals surface area contributed by atoms with Crippen molar-refractivity contribution in [3.63, 3.8) is 0 Å². The summed E-state index contributed by atoms with van der Waals surface area (Å²) in [5, 5.41) is 12.4. The SMILES string of the molecule is Cc1cc(C(C)O)cc(NC(=O)OC(C)(C)C)c1C. The van der Waals surface area contributed by atoms with E-state index in [2.05, 4.69) is 5.32 Å². The second kappa shape index (κ2) is 5.61. The van der Waals surface area contributed by atoms with Gasteiger partial charge in [0.2, 0.25) is 0 Å². The number of rotatable bonds is 2. The van der Waals surface area contributed by atoms with Gasteiger partial charge in [0.25, 0.3) is 0 Å². The highest BCUT2D eigenvalue weighted by Gasteiger charge is 2.17. The topological polar surface area (TPSA) is 58.6 Å². The van der Waals surface area contributed by atoms with Crippen molar-refractivity contribution in [3.8, 4) is 0 Å². The number of ether oxygens (including phenoxy) is 1. The van der Waals surface area contributed by atoms with Crippen LogP contribution in [-0.4, -0.2) is 16.8 Å². The Kier molecular flexibility index (Phi) is 4.58. The van der Waals surface area contributed by atoms with Crippen molar-refractivity contribution in [3.05, 3.63) is 28.8 Å². The Morgan fingerprint density at radius 3 is 2.37 bits per heavy atom. The van der Waals surface area contributed by atoms with E-state index in [4.69, 9.17) is 4.74 Å². The quantitative estimate of drug-likeness (QED) is 0.857. The fourth-order valence-electron chi connectivity index (χ4n) is 1.67. The second-order valence-corrected chi connectivity index (χ2v) is 5.81. The van der Waals surface area contributed by atoms with Gasteiger partial charge in [0.15, 0.2) is 0 Å². The molecule has 0 fully saturated rings. The first-order valence-electron chi connectivity index (χ1n) is 6.39. The van der Waals surface area contributed by atoms with Crippen molar-refractivity contribution in [1.29, 1.82) is 0 Å². The van der Waals surface area contributed by atoms with Gasteiger partial charge in [-0.1, -0.05) is 6.07 Å². The molecule has 2 N–H and O–H groups in total. The number of benzene rings is 1. The van der Waals surface area contributed by atoms with Crippen molar-refractivity contribution in [2.45, 2.75) is 53.2 Å². The largest absolute Gasteiger partial charge is 0.444 e. The molecule has 0 aliphatic heterocycles. The monoisotopic (exact) mass is 265 g/mol. The lowest BCUT2D eigenvalue weighted by atomic mass is 10.0. The molecular weight excluding hydrogens is 242 g/mol. The first kappa shape index (κ1) is 15.5. The molecule has 1 amide bonds. The Labute approximate surface area is 114 Å². The predicted octanol–water partition coefficient (Wildman–Crippen LogP) is 3.70. The summed E-state index contributed by atoms with van der Waals surface area (Å²) in [5.74, 6) is 0. The molecule has 1 aromatic carbocycles. The minimum atomic E-state index is -0.571. The molecule has 0 aromatic heterocycles. The molecule has 1 unspecified atom stereocenters. The number of aliphatic hydroxyl groups excluding tert-OH is 1. The summed E-state index contributed by atoms with van der Waals surface area (Å²) in [7, 11) is 0. The van der Waals surface area contributed by atoms with Gasteiger partial charge >= 0.3 is 6.09 Å². The van der Waals surface area contributed by atoms with Crippen LogP contribution in [0.2, 0.25) is 0 Å². The molecule has 0 aliphatic rings. The maximum absolute atomic E-state index is 11.8. The molecule has 1 atom stereocenters. The molecule has 106 valence electrons. The third-order valence-electron chi connectivity index (χ3n) is 2.81. The van der Waals surface area contributed by atoms with Crippen molar-refractivity contribution in [1.82, 2.24) is 0 Å². The van der Waals surface area contributed by atoms with E-state index in [1.165, 1.54) is 0 Å². The van der Waals surface area contributed by atoms with E-state index in [1.807, 2.05) is 40.7 Å². The molecule has 0 aliphatic carbocycles. The van der Waals surface area contributed by atoms with Gasteiger partial charge in [0, 0.05) is 5.69 Å². The van der Waals surface area contributed by atoms with Crippen LogP contribution in [0.4, 0.5) is 10.5 Å². The second-order valence-electron chi connectivity index (χ2n) is 5.81. The van der Waals surface area contributed by atoms with E-state index >= 15 is 0 Å². The summed E-state index contributed by atoms with van der Waals surface area (Å²) < 4.78 is 5.22. The normalized spacial score (nSPS) is 13.0. The minimum Gasteiger partial charge on any atom is -0.444 e. The van der Waals surface area contributed by atoms with Gasteiger partial charge in [-0.3, -0.25) is 5.32 Å². The summed E-state index contributed by atoms with van der Waals surface area (Å²) in [5.41, 5.74) is 2.90. The van der Waals surface area contributed by atoms with Crippen molar-refractivity contribution in [2.24, 2.45) is 0 Å². The van der Waals surface area contributed by atoms with E-state index in [0.29, 0.717) is 5.69 Å². The molecule has 0 bridgehead atoms. The summed E-state index contributed by atoms with van der Waals surface area (Å²) in [6.45, 7) is 11.0. The Morgan fingerprint density at radius 2 is 1.89 bits per heavy atom. The number of aliphatic hydroxyl groups is 1. The van der Waals surface area contributed by atoms with E-state index in [0.717, 1.165) is 16.7 Å². The number of carbonyl (C=O) groups excluding carboxylic acids is 1. The Bertz CT molecular complexity index is 473. The number of amides is 1. The van der Waals surface area contributed by atoms with Crippen LogP contribution in [0.1, 0.15) is 50.5 Å². The van der Waals surface area contributed by atoms with Crippen molar-refractivity contribution >= 4 is 11.8 Å². The number of anilines is 1. The zero-order chi connectivity index (χ0) is 14.8. The molecule has 1 aromatic rings. The van der Waals surface area contributed by atoms with Crippen LogP contribution in [-0.2, 0) is 4.74 Å². The lowest BCUT2D eigenvalue weighted by molar-refractivity contribution is 0.0635. The van der Waals surface area contributed by atoms with Crippen LogP contribution in [0.5, 0.6) is 0 Å². The van der Waals surface area contributed by atoms with E-state index < -0.39 is 17.8 Å². The smallest absolute Gasteiger partial charge is 0.412 e. The third-order valence-corrected chi connectivity index (χ3v) is 2.81. The summed E-state index contributed by atoms with van der Waals surface area (Å²) in [4.78, 5) is 11.8. The van der Waals surface area contributed by atoms with Crippen LogP contribution >= 0.6 is 0 Å². The fourth-order valence-corrected chi connectivity index (χ4v) is 1.67. The van der Waals surface area contributed by atoms with E-state index in [1.54, 1.807) is 13.0 Å². The van der Waals surface area contributed by atoms with E-state index in [9.17, 15) is 9.90 Å².